The summed E-state index contributed by atoms with van der Waals surface area (Å²) in [6, 6.07) is 11.4. The van der Waals surface area contributed by atoms with Gasteiger partial charge in [0.25, 0.3) is 5.91 Å². The summed E-state index contributed by atoms with van der Waals surface area (Å²) in [5, 5.41) is 14.7. The number of amides is 2. The highest BCUT2D eigenvalue weighted by Crippen LogP contribution is 2.26. The number of hydrogen-bond acceptors (Lipinski definition) is 3. The van der Waals surface area contributed by atoms with E-state index in [0.717, 1.165) is 16.8 Å². The van der Waals surface area contributed by atoms with Crippen molar-refractivity contribution in [1.82, 2.24) is 5.32 Å². The molecule has 0 unspecified atom stereocenters. The van der Waals surface area contributed by atoms with Crippen molar-refractivity contribution in [2.24, 2.45) is 0 Å². The lowest BCUT2D eigenvalue weighted by Gasteiger charge is -2.20. The van der Waals surface area contributed by atoms with Gasteiger partial charge in [-0.05, 0) is 48.7 Å². The van der Waals surface area contributed by atoms with Gasteiger partial charge in [0.05, 0.1) is 11.6 Å². The number of fused-ring (bicyclic) bond motifs is 1. The van der Waals surface area contributed by atoms with Gasteiger partial charge in [0.2, 0.25) is 5.91 Å². The van der Waals surface area contributed by atoms with E-state index in [2.05, 4.69) is 10.6 Å². The lowest BCUT2D eigenvalue weighted by Crippen LogP contribution is -2.27. The highest BCUT2D eigenvalue weighted by atomic mass is 16.4. The topological polar surface area (TPSA) is 95.5 Å². The second kappa shape index (κ2) is 6.76. The number of anilines is 1. The van der Waals surface area contributed by atoms with E-state index < -0.39 is 5.97 Å². The van der Waals surface area contributed by atoms with E-state index in [1.807, 2.05) is 25.1 Å². The number of rotatable bonds is 4. The summed E-state index contributed by atoms with van der Waals surface area (Å²) in [6.45, 7) is 1.86. The molecule has 0 saturated heterocycles. The molecule has 0 aliphatic carbocycles. The van der Waals surface area contributed by atoms with Gasteiger partial charge in [-0.3, -0.25) is 9.59 Å². The number of aromatic carboxylic acids is 1. The van der Waals surface area contributed by atoms with Crippen LogP contribution in [0, 0.1) is 0 Å². The van der Waals surface area contributed by atoms with Crippen LogP contribution in [0.1, 0.15) is 51.2 Å². The van der Waals surface area contributed by atoms with E-state index in [0.29, 0.717) is 18.4 Å². The van der Waals surface area contributed by atoms with Gasteiger partial charge >= 0.3 is 5.97 Å². The molecule has 1 atom stereocenters. The number of benzene rings is 2. The number of carbonyl (C=O) groups excluding carboxylic acids is 2. The molecule has 0 bridgehead atoms. The summed E-state index contributed by atoms with van der Waals surface area (Å²) in [7, 11) is 0. The molecule has 0 saturated carbocycles. The minimum atomic E-state index is -1.07. The Morgan fingerprint density at radius 3 is 2.64 bits per heavy atom. The lowest BCUT2D eigenvalue weighted by atomic mass is 9.97. The predicted octanol–water partition coefficient (Wildman–Crippen LogP) is 2.76. The molecule has 25 heavy (non-hydrogen) atoms. The first-order valence-corrected chi connectivity index (χ1v) is 8.01. The predicted molar refractivity (Wildman–Crippen MR) is 92.7 cm³/mol. The maximum atomic E-state index is 12.4. The monoisotopic (exact) mass is 338 g/mol. The minimum absolute atomic E-state index is 0.0138. The summed E-state index contributed by atoms with van der Waals surface area (Å²) in [4.78, 5) is 34.8. The van der Waals surface area contributed by atoms with Gasteiger partial charge in [-0.1, -0.05) is 18.2 Å². The van der Waals surface area contributed by atoms with E-state index in [9.17, 15) is 14.4 Å². The van der Waals surface area contributed by atoms with Gasteiger partial charge < -0.3 is 15.7 Å². The Bertz CT molecular complexity index is 860. The Morgan fingerprint density at radius 2 is 1.88 bits per heavy atom. The molecule has 128 valence electrons. The summed E-state index contributed by atoms with van der Waals surface area (Å²) in [5.41, 5.74) is 3.16. The van der Waals surface area contributed by atoms with Crippen LogP contribution in [0.25, 0.3) is 0 Å². The van der Waals surface area contributed by atoms with Crippen LogP contribution >= 0.6 is 0 Å². The zero-order valence-electron chi connectivity index (χ0n) is 13.7. The molecular formula is C19H18N2O4. The van der Waals surface area contributed by atoms with Crippen LogP contribution < -0.4 is 10.6 Å². The molecule has 3 rings (SSSR count). The third kappa shape index (κ3) is 3.68. The fraction of sp³-hybridized carbons (Fsp3) is 0.211. The van der Waals surface area contributed by atoms with E-state index in [-0.39, 0.29) is 23.4 Å². The van der Waals surface area contributed by atoms with Gasteiger partial charge in [0.1, 0.15) is 0 Å². The average molecular weight is 338 g/mol. The van der Waals surface area contributed by atoms with E-state index in [4.69, 9.17) is 5.11 Å². The van der Waals surface area contributed by atoms with Crippen molar-refractivity contribution in [3.05, 3.63) is 64.7 Å². The van der Waals surface area contributed by atoms with Crippen molar-refractivity contribution in [2.45, 2.75) is 25.8 Å². The van der Waals surface area contributed by atoms with E-state index in [1.165, 1.54) is 12.1 Å². The number of carboxylic acids is 1. The van der Waals surface area contributed by atoms with Crippen LogP contribution in [-0.2, 0) is 11.2 Å². The van der Waals surface area contributed by atoms with Crippen LogP contribution in [0.3, 0.4) is 0 Å². The van der Waals surface area contributed by atoms with Gasteiger partial charge in [-0.25, -0.2) is 4.79 Å². The van der Waals surface area contributed by atoms with Crippen LogP contribution in [0.4, 0.5) is 5.69 Å². The molecule has 2 aromatic carbocycles. The van der Waals surface area contributed by atoms with Gasteiger partial charge in [-0.15, -0.1) is 0 Å². The molecule has 2 aromatic rings. The normalized spacial score (nSPS) is 14.2. The van der Waals surface area contributed by atoms with Crippen LogP contribution in [0.15, 0.2) is 42.5 Å². The quantitative estimate of drug-likeness (QED) is 0.799. The summed E-state index contributed by atoms with van der Waals surface area (Å²) >= 11 is 0. The molecule has 0 radical (unpaired) electrons. The van der Waals surface area contributed by atoms with Crippen molar-refractivity contribution in [3.63, 3.8) is 0 Å². The standard InChI is InChI=1S/C19H18N2O4/c1-11(12-5-7-16-13(9-12)6-8-17(22)21-16)20-18(23)14-3-2-4-15(10-14)19(24)25/h2-5,7,9-11H,6,8H2,1H3,(H,20,23)(H,21,22)(H,24,25)/t11-/m1/s1. The van der Waals surface area contributed by atoms with Gasteiger partial charge in [0, 0.05) is 17.7 Å². The smallest absolute Gasteiger partial charge is 0.335 e. The number of carbonyl (C=O) groups is 3. The van der Waals surface area contributed by atoms with Crippen molar-refractivity contribution in [2.75, 3.05) is 5.32 Å². The molecule has 1 heterocycles. The molecule has 6 nitrogen and oxygen atoms in total. The third-order valence-electron chi connectivity index (χ3n) is 4.24. The Kier molecular flexibility index (Phi) is 4.52. The fourth-order valence-electron chi connectivity index (χ4n) is 2.83. The summed E-state index contributed by atoms with van der Waals surface area (Å²) in [6.07, 6.45) is 1.13. The summed E-state index contributed by atoms with van der Waals surface area (Å²) < 4.78 is 0. The Morgan fingerprint density at radius 1 is 1.12 bits per heavy atom. The first-order valence-electron chi connectivity index (χ1n) is 8.01. The number of carboxylic acid groups (broad SMARTS) is 1. The van der Waals surface area contributed by atoms with Gasteiger partial charge in [0.15, 0.2) is 0 Å². The van der Waals surface area contributed by atoms with Crippen molar-refractivity contribution < 1.29 is 19.5 Å². The number of hydrogen-bond donors (Lipinski definition) is 3. The van der Waals surface area contributed by atoms with E-state index in [1.54, 1.807) is 12.1 Å². The summed E-state index contributed by atoms with van der Waals surface area (Å²) in [5.74, 6) is -1.39. The maximum Gasteiger partial charge on any atom is 0.335 e. The zero-order chi connectivity index (χ0) is 18.0. The molecular weight excluding hydrogens is 320 g/mol. The average Bonchev–Trinajstić information content (AvgIpc) is 2.61. The van der Waals surface area contributed by atoms with Crippen LogP contribution in [0.2, 0.25) is 0 Å². The minimum Gasteiger partial charge on any atom is -0.478 e. The number of nitrogens with one attached hydrogen (secondary N) is 2. The fourth-order valence-corrected chi connectivity index (χ4v) is 2.83. The van der Waals surface area contributed by atoms with Crippen LogP contribution in [0.5, 0.6) is 0 Å². The zero-order valence-corrected chi connectivity index (χ0v) is 13.7. The third-order valence-corrected chi connectivity index (χ3v) is 4.24. The Balaban J connectivity index is 1.75. The number of aryl methyl sites for hydroxylation is 1. The SMILES string of the molecule is C[C@@H](NC(=O)c1cccc(C(=O)O)c1)c1ccc2c(c1)CCC(=O)N2. The molecule has 6 heteroatoms. The molecule has 0 spiro atoms. The van der Waals surface area contributed by atoms with Crippen molar-refractivity contribution in [1.29, 1.82) is 0 Å². The largest absolute Gasteiger partial charge is 0.478 e. The Hall–Kier alpha value is -3.15. The molecule has 0 fully saturated rings. The maximum absolute atomic E-state index is 12.4. The molecule has 2 amide bonds. The molecule has 1 aliphatic heterocycles. The lowest BCUT2D eigenvalue weighted by molar-refractivity contribution is -0.116. The highest BCUT2D eigenvalue weighted by molar-refractivity contribution is 5.97. The van der Waals surface area contributed by atoms with Crippen LogP contribution in [-0.4, -0.2) is 22.9 Å². The second-order valence-corrected chi connectivity index (χ2v) is 6.05. The first-order chi connectivity index (χ1) is 11.9. The molecule has 1 aliphatic rings. The Labute approximate surface area is 144 Å². The van der Waals surface area contributed by atoms with E-state index >= 15 is 0 Å². The second-order valence-electron chi connectivity index (χ2n) is 6.05. The molecule has 3 N–H and O–H groups in total. The van der Waals surface area contributed by atoms with Crippen molar-refractivity contribution in [3.8, 4) is 0 Å². The highest BCUT2D eigenvalue weighted by Gasteiger charge is 2.18. The molecule has 0 aromatic heterocycles. The van der Waals surface area contributed by atoms with Crippen molar-refractivity contribution >= 4 is 23.5 Å². The first kappa shape index (κ1) is 16.7. The van der Waals surface area contributed by atoms with Gasteiger partial charge in [-0.2, -0.15) is 0 Å².